The van der Waals surface area contributed by atoms with Crippen molar-refractivity contribution in [3.05, 3.63) is 95.1 Å². The number of hydrogen-bond acceptors (Lipinski definition) is 3. The molecule has 1 unspecified atom stereocenters. The molecule has 188 valence electrons. The molecule has 4 rings (SSSR count). The van der Waals surface area contributed by atoms with Crippen molar-refractivity contribution < 1.29 is 45.8 Å². The molecule has 36 heavy (non-hydrogen) atoms. The molecule has 2 N–H and O–H groups in total. The third-order valence-electron chi connectivity index (χ3n) is 6.00. The van der Waals surface area contributed by atoms with Gasteiger partial charge in [-0.2, -0.15) is 26.3 Å². The van der Waals surface area contributed by atoms with E-state index in [4.69, 9.17) is 4.74 Å². The van der Waals surface area contributed by atoms with Gasteiger partial charge in [-0.1, -0.05) is 60.7 Å². The van der Waals surface area contributed by atoms with Crippen molar-refractivity contribution in [1.82, 2.24) is 5.32 Å². The molecule has 1 amide bonds. The number of fused-ring (bicyclic) bond motifs is 3. The minimum absolute atomic E-state index is 0.0331. The Labute approximate surface area is 200 Å². The molecule has 11 heteroatoms. The predicted octanol–water partition coefficient (Wildman–Crippen LogP) is 6.09. The zero-order valence-electron chi connectivity index (χ0n) is 18.2. The molecule has 1 atom stereocenters. The summed E-state index contributed by atoms with van der Waals surface area (Å²) >= 11 is 0. The first-order valence-electron chi connectivity index (χ1n) is 10.5. The molecule has 0 spiro atoms. The lowest BCUT2D eigenvalue weighted by Crippen LogP contribution is -2.61. The number of amides is 1. The Morgan fingerprint density at radius 2 is 1.33 bits per heavy atom. The summed E-state index contributed by atoms with van der Waals surface area (Å²) in [6.07, 6.45) is -12.5. The number of carboxylic acids is 1. The van der Waals surface area contributed by atoms with Crippen molar-refractivity contribution >= 4 is 12.1 Å². The van der Waals surface area contributed by atoms with Crippen molar-refractivity contribution in [3.8, 4) is 11.1 Å². The Bertz CT molecular complexity index is 1270. The highest BCUT2D eigenvalue weighted by molar-refractivity contribution is 5.87. The number of nitrogens with one attached hydrogen (secondary N) is 1. The van der Waals surface area contributed by atoms with E-state index in [0.717, 1.165) is 22.3 Å². The highest BCUT2D eigenvalue weighted by Gasteiger charge is 2.64. The van der Waals surface area contributed by atoms with Gasteiger partial charge in [-0.25, -0.2) is 9.59 Å². The molecule has 0 radical (unpaired) electrons. The molecule has 1 aliphatic carbocycles. The quantitative estimate of drug-likeness (QED) is 0.409. The van der Waals surface area contributed by atoms with Crippen LogP contribution in [0.4, 0.5) is 31.1 Å². The standard InChI is InChI=1S/C25H17F6NO4/c26-24(27,28)15-7-5-6-14(12-15)23(21(33)34,25(29,30)31)32-22(35)36-13-20-18-10-3-1-8-16(18)17-9-2-4-11-19(17)20/h1-12,20H,13H2,(H,32,35)(H,33,34). The lowest BCUT2D eigenvalue weighted by molar-refractivity contribution is -0.211. The van der Waals surface area contributed by atoms with Crippen LogP contribution >= 0.6 is 0 Å². The average molecular weight is 509 g/mol. The zero-order valence-corrected chi connectivity index (χ0v) is 18.2. The number of rotatable bonds is 5. The number of alkyl carbamates (subject to hydrolysis) is 1. The first-order valence-corrected chi connectivity index (χ1v) is 10.5. The Hall–Kier alpha value is -4.02. The Morgan fingerprint density at radius 3 is 1.83 bits per heavy atom. The van der Waals surface area contributed by atoms with Crippen LogP contribution in [0, 0.1) is 0 Å². The molecule has 0 aliphatic heterocycles. The van der Waals surface area contributed by atoms with Gasteiger partial charge in [0.25, 0.3) is 5.54 Å². The van der Waals surface area contributed by atoms with Crippen LogP contribution in [0.25, 0.3) is 11.1 Å². The van der Waals surface area contributed by atoms with E-state index in [0.29, 0.717) is 18.2 Å². The van der Waals surface area contributed by atoms with E-state index in [-0.39, 0.29) is 6.07 Å². The van der Waals surface area contributed by atoms with Gasteiger partial charge < -0.3 is 9.84 Å². The topological polar surface area (TPSA) is 75.6 Å². The Kier molecular flexibility index (Phi) is 6.19. The fourth-order valence-corrected chi connectivity index (χ4v) is 4.32. The minimum atomic E-state index is -5.71. The van der Waals surface area contributed by atoms with E-state index in [9.17, 15) is 41.0 Å². The Morgan fingerprint density at radius 1 is 0.806 bits per heavy atom. The van der Waals surface area contributed by atoms with E-state index in [1.165, 1.54) is 5.32 Å². The predicted molar refractivity (Wildman–Crippen MR) is 115 cm³/mol. The second-order valence-electron chi connectivity index (χ2n) is 8.08. The number of halogens is 6. The van der Waals surface area contributed by atoms with Gasteiger partial charge in [-0.05, 0) is 39.9 Å². The molecule has 3 aromatic rings. The third-order valence-corrected chi connectivity index (χ3v) is 6.00. The lowest BCUT2D eigenvalue weighted by Gasteiger charge is -2.33. The van der Waals surface area contributed by atoms with E-state index in [1.54, 1.807) is 36.4 Å². The van der Waals surface area contributed by atoms with Gasteiger partial charge in [0.15, 0.2) is 0 Å². The largest absolute Gasteiger partial charge is 0.479 e. The monoisotopic (exact) mass is 509 g/mol. The van der Waals surface area contributed by atoms with Gasteiger partial charge in [-0.15, -0.1) is 0 Å². The van der Waals surface area contributed by atoms with E-state index in [1.807, 2.05) is 12.1 Å². The van der Waals surface area contributed by atoms with Crippen molar-refractivity contribution in [2.75, 3.05) is 6.61 Å². The molecule has 1 aliphatic rings. The van der Waals surface area contributed by atoms with E-state index >= 15 is 0 Å². The molecule has 3 aromatic carbocycles. The number of carbonyl (C=O) groups excluding carboxylic acids is 1. The van der Waals surface area contributed by atoms with Gasteiger partial charge in [0.1, 0.15) is 6.61 Å². The summed E-state index contributed by atoms with van der Waals surface area (Å²) in [5, 5.41) is 10.8. The van der Waals surface area contributed by atoms with Gasteiger partial charge in [0, 0.05) is 5.92 Å². The number of alkyl halides is 6. The molecule has 0 bridgehead atoms. The number of carbonyl (C=O) groups is 2. The van der Waals surface area contributed by atoms with Crippen LogP contribution in [-0.4, -0.2) is 30.0 Å². The molecule has 0 fully saturated rings. The third kappa shape index (κ3) is 4.25. The van der Waals surface area contributed by atoms with E-state index in [2.05, 4.69) is 0 Å². The summed E-state index contributed by atoms with van der Waals surface area (Å²) in [5.41, 5.74) is -3.82. The number of benzene rings is 3. The SMILES string of the molecule is O=C(NC(C(=O)O)(c1cccc(C(F)(F)F)c1)C(F)(F)F)OCC1c2ccccc2-c2ccccc21. The maximum absolute atomic E-state index is 14.1. The maximum Gasteiger partial charge on any atom is 0.426 e. The van der Waals surface area contributed by atoms with Crippen LogP contribution in [-0.2, 0) is 21.2 Å². The summed E-state index contributed by atoms with van der Waals surface area (Å²) < 4.78 is 86.7. The number of hydrogen-bond donors (Lipinski definition) is 2. The smallest absolute Gasteiger partial charge is 0.426 e. The van der Waals surface area contributed by atoms with E-state index < -0.39 is 53.6 Å². The summed E-state index contributed by atoms with van der Waals surface area (Å²) in [6, 6.07) is 16.0. The number of carboxylic acid groups (broad SMARTS) is 1. The number of aliphatic carboxylic acids is 1. The fraction of sp³-hybridized carbons (Fsp3) is 0.200. The molecule has 5 nitrogen and oxygen atoms in total. The minimum Gasteiger partial charge on any atom is -0.479 e. The van der Waals surface area contributed by atoms with Crippen molar-refractivity contribution in [2.24, 2.45) is 0 Å². The molecule has 0 saturated heterocycles. The fourth-order valence-electron chi connectivity index (χ4n) is 4.32. The Balaban J connectivity index is 1.64. The second-order valence-corrected chi connectivity index (χ2v) is 8.08. The van der Waals surface area contributed by atoms with Gasteiger partial charge in [-0.3, -0.25) is 5.32 Å². The first kappa shape index (κ1) is 25.1. The first-order chi connectivity index (χ1) is 16.9. The summed E-state index contributed by atoms with van der Waals surface area (Å²) in [4.78, 5) is 24.4. The second kappa shape index (κ2) is 8.89. The summed E-state index contributed by atoms with van der Waals surface area (Å²) in [6.45, 7) is -0.435. The lowest BCUT2D eigenvalue weighted by atomic mass is 9.88. The molecule has 0 heterocycles. The summed E-state index contributed by atoms with van der Waals surface area (Å²) in [5.74, 6) is -3.16. The zero-order chi connectivity index (χ0) is 26.3. The van der Waals surface area contributed by atoms with Crippen molar-refractivity contribution in [1.29, 1.82) is 0 Å². The maximum atomic E-state index is 14.1. The summed E-state index contributed by atoms with van der Waals surface area (Å²) in [7, 11) is 0. The van der Waals surface area contributed by atoms with Crippen LogP contribution in [0.5, 0.6) is 0 Å². The molecular weight excluding hydrogens is 492 g/mol. The highest BCUT2D eigenvalue weighted by Crippen LogP contribution is 2.45. The van der Waals surface area contributed by atoms with Gasteiger partial charge >= 0.3 is 24.4 Å². The van der Waals surface area contributed by atoms with Crippen LogP contribution in [0.15, 0.2) is 72.8 Å². The van der Waals surface area contributed by atoms with Crippen LogP contribution in [0.3, 0.4) is 0 Å². The van der Waals surface area contributed by atoms with Crippen molar-refractivity contribution in [2.45, 2.75) is 23.8 Å². The van der Waals surface area contributed by atoms with Crippen molar-refractivity contribution in [3.63, 3.8) is 0 Å². The normalized spacial score (nSPS) is 14.9. The number of ether oxygens (including phenoxy) is 1. The molecule has 0 aromatic heterocycles. The van der Waals surface area contributed by atoms with Crippen LogP contribution in [0.2, 0.25) is 0 Å². The molecular formula is C25H17F6NO4. The molecule has 0 saturated carbocycles. The van der Waals surface area contributed by atoms with Gasteiger partial charge in [0.2, 0.25) is 0 Å². The average Bonchev–Trinajstić information content (AvgIpc) is 3.13. The van der Waals surface area contributed by atoms with Gasteiger partial charge in [0.05, 0.1) is 5.56 Å². The highest BCUT2D eigenvalue weighted by atomic mass is 19.4. The van der Waals surface area contributed by atoms with Crippen LogP contribution in [0.1, 0.15) is 28.2 Å². The van der Waals surface area contributed by atoms with Crippen LogP contribution < -0.4 is 5.32 Å².